The van der Waals surface area contributed by atoms with Crippen LogP contribution in [0.4, 0.5) is 5.69 Å². The molecular weight excluding hydrogens is 418 g/mol. The van der Waals surface area contributed by atoms with Crippen molar-refractivity contribution < 1.29 is 19.1 Å². The SMILES string of the molecule is CC1CN(C(=O)C2CCN(C(=O)c3ccccc3NC(=O)c3ccccc3)CC2)CC(C)O1. The first-order valence-corrected chi connectivity index (χ1v) is 11.6. The lowest BCUT2D eigenvalue weighted by atomic mass is 9.94. The Morgan fingerprint density at radius 3 is 2.12 bits per heavy atom. The number of hydrogen-bond acceptors (Lipinski definition) is 4. The highest BCUT2D eigenvalue weighted by atomic mass is 16.5. The fraction of sp³-hybridized carbons (Fsp3) is 0.423. The van der Waals surface area contributed by atoms with Gasteiger partial charge in [-0.05, 0) is 51.0 Å². The fourth-order valence-corrected chi connectivity index (χ4v) is 4.68. The number of morpholine rings is 1. The monoisotopic (exact) mass is 449 g/mol. The van der Waals surface area contributed by atoms with Crippen molar-refractivity contribution in [1.82, 2.24) is 9.80 Å². The Hall–Kier alpha value is -3.19. The zero-order valence-electron chi connectivity index (χ0n) is 19.2. The third-order valence-electron chi connectivity index (χ3n) is 6.30. The number of rotatable bonds is 4. The molecule has 2 aliphatic heterocycles. The Kier molecular flexibility index (Phi) is 7.08. The quantitative estimate of drug-likeness (QED) is 0.776. The molecule has 174 valence electrons. The van der Waals surface area contributed by atoms with Crippen LogP contribution in [-0.4, -0.2) is 65.9 Å². The highest BCUT2D eigenvalue weighted by molar-refractivity contribution is 6.09. The van der Waals surface area contributed by atoms with Gasteiger partial charge in [-0.3, -0.25) is 14.4 Å². The summed E-state index contributed by atoms with van der Waals surface area (Å²) in [4.78, 5) is 42.6. The van der Waals surface area contributed by atoms with Crippen LogP contribution in [0.25, 0.3) is 0 Å². The van der Waals surface area contributed by atoms with Crippen LogP contribution in [0.5, 0.6) is 0 Å². The van der Waals surface area contributed by atoms with Gasteiger partial charge in [-0.2, -0.15) is 0 Å². The second-order valence-corrected chi connectivity index (χ2v) is 8.93. The first kappa shape index (κ1) is 23.0. The lowest BCUT2D eigenvalue weighted by Gasteiger charge is -2.39. The van der Waals surface area contributed by atoms with Gasteiger partial charge in [0.15, 0.2) is 0 Å². The van der Waals surface area contributed by atoms with Crippen molar-refractivity contribution in [3.05, 3.63) is 65.7 Å². The minimum Gasteiger partial charge on any atom is -0.372 e. The molecule has 2 heterocycles. The van der Waals surface area contributed by atoms with Crippen LogP contribution >= 0.6 is 0 Å². The maximum atomic E-state index is 13.3. The zero-order chi connectivity index (χ0) is 23.4. The summed E-state index contributed by atoms with van der Waals surface area (Å²) in [6.45, 7) is 6.27. The number of likely N-dealkylation sites (tertiary alicyclic amines) is 1. The molecule has 0 aromatic heterocycles. The molecule has 4 rings (SSSR count). The number of nitrogens with zero attached hydrogens (tertiary/aromatic N) is 2. The summed E-state index contributed by atoms with van der Waals surface area (Å²) < 4.78 is 5.74. The van der Waals surface area contributed by atoms with Crippen molar-refractivity contribution in [3.8, 4) is 0 Å². The predicted molar refractivity (Wildman–Crippen MR) is 126 cm³/mol. The lowest BCUT2D eigenvalue weighted by Crippen LogP contribution is -2.51. The van der Waals surface area contributed by atoms with E-state index in [1.807, 2.05) is 24.8 Å². The molecule has 0 saturated carbocycles. The summed E-state index contributed by atoms with van der Waals surface area (Å²) in [5.74, 6) is -0.285. The van der Waals surface area contributed by atoms with E-state index in [2.05, 4.69) is 5.32 Å². The Balaban J connectivity index is 1.38. The van der Waals surface area contributed by atoms with Crippen LogP contribution < -0.4 is 5.32 Å². The molecule has 3 amide bonds. The second kappa shape index (κ2) is 10.2. The molecule has 2 aromatic rings. The van der Waals surface area contributed by atoms with Crippen molar-refractivity contribution in [1.29, 1.82) is 0 Å². The molecule has 0 aliphatic carbocycles. The number of anilines is 1. The van der Waals surface area contributed by atoms with Crippen LogP contribution in [0.1, 0.15) is 47.4 Å². The van der Waals surface area contributed by atoms with E-state index in [1.165, 1.54) is 0 Å². The first-order valence-electron chi connectivity index (χ1n) is 11.6. The molecule has 2 saturated heterocycles. The smallest absolute Gasteiger partial charge is 0.255 e. The normalized spacial score (nSPS) is 21.5. The van der Waals surface area contributed by atoms with Gasteiger partial charge in [0.25, 0.3) is 11.8 Å². The molecule has 0 radical (unpaired) electrons. The van der Waals surface area contributed by atoms with E-state index < -0.39 is 0 Å². The molecule has 2 aromatic carbocycles. The average molecular weight is 450 g/mol. The summed E-state index contributed by atoms with van der Waals surface area (Å²) in [6, 6.07) is 16.0. The van der Waals surface area contributed by atoms with E-state index in [0.29, 0.717) is 55.8 Å². The summed E-state index contributed by atoms with van der Waals surface area (Å²) in [5.41, 5.74) is 1.49. The third-order valence-corrected chi connectivity index (χ3v) is 6.30. The van der Waals surface area contributed by atoms with E-state index in [9.17, 15) is 14.4 Å². The number of hydrogen-bond donors (Lipinski definition) is 1. The number of para-hydroxylation sites is 1. The number of benzene rings is 2. The van der Waals surface area contributed by atoms with Gasteiger partial charge in [-0.1, -0.05) is 30.3 Å². The van der Waals surface area contributed by atoms with Crippen LogP contribution in [0.3, 0.4) is 0 Å². The van der Waals surface area contributed by atoms with Gasteiger partial charge in [0.05, 0.1) is 23.5 Å². The zero-order valence-corrected chi connectivity index (χ0v) is 19.2. The van der Waals surface area contributed by atoms with Gasteiger partial charge >= 0.3 is 0 Å². The maximum Gasteiger partial charge on any atom is 0.255 e. The van der Waals surface area contributed by atoms with Crippen molar-refractivity contribution >= 4 is 23.4 Å². The molecule has 33 heavy (non-hydrogen) atoms. The first-order chi connectivity index (χ1) is 15.9. The van der Waals surface area contributed by atoms with Crippen molar-refractivity contribution in [3.63, 3.8) is 0 Å². The fourth-order valence-electron chi connectivity index (χ4n) is 4.68. The topological polar surface area (TPSA) is 79.0 Å². The Labute approximate surface area is 194 Å². The van der Waals surface area contributed by atoms with Crippen LogP contribution in [0.15, 0.2) is 54.6 Å². The minimum atomic E-state index is -0.255. The minimum absolute atomic E-state index is 0.0435. The van der Waals surface area contributed by atoms with Gasteiger partial charge in [0, 0.05) is 37.7 Å². The predicted octanol–water partition coefficient (Wildman–Crippen LogP) is 3.43. The molecular formula is C26H31N3O4. The van der Waals surface area contributed by atoms with E-state index in [0.717, 1.165) is 0 Å². The van der Waals surface area contributed by atoms with Crippen molar-refractivity contribution in [2.45, 2.75) is 38.9 Å². The average Bonchev–Trinajstić information content (AvgIpc) is 2.83. The van der Waals surface area contributed by atoms with Crippen LogP contribution in [0, 0.1) is 5.92 Å². The highest BCUT2D eigenvalue weighted by Crippen LogP contribution is 2.25. The number of carbonyl (C=O) groups is 3. The molecule has 7 nitrogen and oxygen atoms in total. The largest absolute Gasteiger partial charge is 0.372 e. The Morgan fingerprint density at radius 1 is 0.848 bits per heavy atom. The summed E-state index contributed by atoms with van der Waals surface area (Å²) in [5, 5.41) is 2.87. The number of piperidine rings is 1. The van der Waals surface area contributed by atoms with E-state index in [4.69, 9.17) is 4.74 Å². The summed E-state index contributed by atoms with van der Waals surface area (Å²) in [7, 11) is 0. The Bertz CT molecular complexity index is 992. The molecule has 2 atom stereocenters. The standard InChI is InChI=1S/C26H31N3O4/c1-18-16-29(17-19(2)33-18)25(31)21-12-14-28(15-13-21)26(32)22-10-6-7-11-23(22)27-24(30)20-8-4-3-5-9-20/h3-11,18-19,21H,12-17H2,1-2H3,(H,27,30). The van der Waals surface area contributed by atoms with Crippen molar-refractivity contribution in [2.24, 2.45) is 5.92 Å². The molecule has 0 bridgehead atoms. The molecule has 0 spiro atoms. The number of nitrogens with one attached hydrogen (secondary N) is 1. The molecule has 2 unspecified atom stereocenters. The summed E-state index contributed by atoms with van der Waals surface area (Å²) >= 11 is 0. The van der Waals surface area contributed by atoms with Gasteiger partial charge in [0.1, 0.15) is 0 Å². The highest BCUT2D eigenvalue weighted by Gasteiger charge is 2.34. The van der Waals surface area contributed by atoms with Crippen LogP contribution in [0.2, 0.25) is 0 Å². The Morgan fingerprint density at radius 2 is 1.45 bits per heavy atom. The maximum absolute atomic E-state index is 13.3. The second-order valence-electron chi connectivity index (χ2n) is 8.93. The molecule has 7 heteroatoms. The molecule has 2 aliphatic rings. The summed E-state index contributed by atoms with van der Waals surface area (Å²) in [6.07, 6.45) is 1.37. The molecule has 2 fully saturated rings. The number of ether oxygens (including phenoxy) is 1. The van der Waals surface area contributed by atoms with Gasteiger partial charge in [0.2, 0.25) is 5.91 Å². The molecule has 1 N–H and O–H groups in total. The van der Waals surface area contributed by atoms with Crippen molar-refractivity contribution in [2.75, 3.05) is 31.5 Å². The van der Waals surface area contributed by atoms with Gasteiger partial charge in [-0.25, -0.2) is 0 Å². The third kappa shape index (κ3) is 5.42. The van der Waals surface area contributed by atoms with E-state index in [-0.39, 0.29) is 35.8 Å². The van der Waals surface area contributed by atoms with Gasteiger partial charge < -0.3 is 19.9 Å². The van der Waals surface area contributed by atoms with Crippen LogP contribution in [-0.2, 0) is 9.53 Å². The van der Waals surface area contributed by atoms with Gasteiger partial charge in [-0.15, -0.1) is 0 Å². The number of carbonyl (C=O) groups excluding carboxylic acids is 3. The van der Waals surface area contributed by atoms with E-state index in [1.54, 1.807) is 53.4 Å². The van der Waals surface area contributed by atoms with E-state index >= 15 is 0 Å². The number of amides is 3. The lowest BCUT2D eigenvalue weighted by molar-refractivity contribution is -0.148.